The Morgan fingerprint density at radius 3 is 2.47 bits per heavy atom. The van der Waals surface area contributed by atoms with E-state index >= 15 is 0 Å². The molecule has 0 bridgehead atoms. The molecular weight excluding hydrogens is 270 g/mol. The standard InChI is InChI=1S/C6H13N5O4S2/c7-6-5(4-9-11-6)17(14,15)10-2-1-3-16(8,12)13/h4,10H,1-3H2,(H3,7,9,11)(H2,8,12,13). The highest BCUT2D eigenvalue weighted by Gasteiger charge is 2.18. The van der Waals surface area contributed by atoms with E-state index in [0.29, 0.717) is 0 Å². The third-order valence-corrected chi connectivity index (χ3v) is 4.17. The summed E-state index contributed by atoms with van der Waals surface area (Å²) in [6.07, 6.45) is 1.15. The molecule has 0 amide bonds. The highest BCUT2D eigenvalue weighted by molar-refractivity contribution is 7.89. The summed E-state index contributed by atoms with van der Waals surface area (Å²) in [7, 11) is -7.35. The Morgan fingerprint density at radius 2 is 2.00 bits per heavy atom. The van der Waals surface area contributed by atoms with Crippen LogP contribution in [0.15, 0.2) is 11.1 Å². The minimum Gasteiger partial charge on any atom is -0.383 e. The van der Waals surface area contributed by atoms with E-state index in [9.17, 15) is 16.8 Å². The van der Waals surface area contributed by atoms with E-state index in [-0.39, 0.29) is 29.4 Å². The molecule has 1 aromatic heterocycles. The number of sulfonamides is 2. The van der Waals surface area contributed by atoms with Gasteiger partial charge in [-0.25, -0.2) is 26.7 Å². The molecule has 0 aliphatic rings. The fourth-order valence-electron chi connectivity index (χ4n) is 1.06. The van der Waals surface area contributed by atoms with Gasteiger partial charge in [-0.3, -0.25) is 5.10 Å². The molecule has 6 N–H and O–H groups in total. The topological polar surface area (TPSA) is 161 Å². The molecule has 9 nitrogen and oxygen atoms in total. The Bertz CT molecular complexity index is 575. The molecule has 0 aliphatic carbocycles. The van der Waals surface area contributed by atoms with E-state index in [0.717, 1.165) is 6.20 Å². The van der Waals surface area contributed by atoms with Gasteiger partial charge in [-0.15, -0.1) is 0 Å². The van der Waals surface area contributed by atoms with Gasteiger partial charge in [0.25, 0.3) is 0 Å². The van der Waals surface area contributed by atoms with Crippen molar-refractivity contribution in [1.29, 1.82) is 0 Å². The molecule has 1 aromatic rings. The molecule has 17 heavy (non-hydrogen) atoms. The minimum absolute atomic E-state index is 0.0522. The number of H-pyrrole nitrogens is 1. The SMILES string of the molecule is Nc1[nH]ncc1S(=O)(=O)NCCCS(N)(=O)=O. The Balaban J connectivity index is 2.55. The number of anilines is 1. The van der Waals surface area contributed by atoms with Gasteiger partial charge in [-0.1, -0.05) is 0 Å². The normalized spacial score (nSPS) is 12.8. The second-order valence-corrected chi connectivity index (χ2v) is 6.74. The zero-order chi connectivity index (χ0) is 13.1. The second-order valence-electron chi connectivity index (χ2n) is 3.27. The van der Waals surface area contributed by atoms with Crippen LogP contribution in [0.1, 0.15) is 6.42 Å². The molecule has 0 unspecified atom stereocenters. The lowest BCUT2D eigenvalue weighted by Crippen LogP contribution is -2.27. The number of nitrogens with zero attached hydrogens (tertiary/aromatic N) is 1. The first-order chi connectivity index (χ1) is 7.72. The summed E-state index contributed by atoms with van der Waals surface area (Å²) in [4.78, 5) is -0.173. The number of hydrogen-bond acceptors (Lipinski definition) is 6. The molecule has 0 atom stereocenters. The van der Waals surface area contributed by atoms with Gasteiger partial charge >= 0.3 is 0 Å². The molecule has 11 heteroatoms. The number of aromatic amines is 1. The molecule has 0 radical (unpaired) electrons. The highest BCUT2D eigenvalue weighted by Crippen LogP contribution is 2.13. The Hall–Kier alpha value is -1.17. The lowest BCUT2D eigenvalue weighted by molar-refractivity contribution is 0.577. The Kier molecular flexibility index (Phi) is 4.08. The van der Waals surface area contributed by atoms with E-state index in [1.54, 1.807) is 0 Å². The maximum atomic E-state index is 11.6. The number of nitrogens with two attached hydrogens (primary N) is 2. The van der Waals surface area contributed by atoms with E-state index in [2.05, 4.69) is 14.9 Å². The summed E-state index contributed by atoms with van der Waals surface area (Å²) >= 11 is 0. The summed E-state index contributed by atoms with van der Waals surface area (Å²) in [5.74, 6) is -0.375. The van der Waals surface area contributed by atoms with Gasteiger partial charge in [0.05, 0.1) is 11.9 Å². The number of primary sulfonamides is 1. The van der Waals surface area contributed by atoms with Crippen molar-refractivity contribution in [1.82, 2.24) is 14.9 Å². The van der Waals surface area contributed by atoms with Crippen LogP contribution in [-0.2, 0) is 20.0 Å². The zero-order valence-electron chi connectivity index (χ0n) is 8.75. The highest BCUT2D eigenvalue weighted by atomic mass is 32.2. The maximum Gasteiger partial charge on any atom is 0.245 e. The molecule has 1 heterocycles. The van der Waals surface area contributed by atoms with Crippen LogP contribution in [0.3, 0.4) is 0 Å². The first-order valence-electron chi connectivity index (χ1n) is 4.51. The van der Waals surface area contributed by atoms with Crippen molar-refractivity contribution in [3.63, 3.8) is 0 Å². The van der Waals surface area contributed by atoms with Crippen molar-refractivity contribution < 1.29 is 16.8 Å². The monoisotopic (exact) mass is 283 g/mol. The molecule has 0 saturated heterocycles. The molecule has 0 aliphatic heterocycles. The van der Waals surface area contributed by atoms with Crippen molar-refractivity contribution in [2.24, 2.45) is 5.14 Å². The van der Waals surface area contributed by atoms with Gasteiger partial charge in [-0.05, 0) is 6.42 Å². The van der Waals surface area contributed by atoms with Gasteiger partial charge in [0.2, 0.25) is 20.0 Å². The van der Waals surface area contributed by atoms with E-state index in [4.69, 9.17) is 10.9 Å². The van der Waals surface area contributed by atoms with Crippen LogP contribution >= 0.6 is 0 Å². The summed E-state index contributed by atoms with van der Waals surface area (Å²) in [5, 5.41) is 10.5. The first-order valence-corrected chi connectivity index (χ1v) is 7.71. The molecule has 0 fully saturated rings. The third kappa shape index (κ3) is 4.30. The molecule has 0 saturated carbocycles. The Labute approximate surface area is 98.7 Å². The number of rotatable bonds is 6. The zero-order valence-corrected chi connectivity index (χ0v) is 10.4. The van der Waals surface area contributed by atoms with Crippen LogP contribution in [0.5, 0.6) is 0 Å². The van der Waals surface area contributed by atoms with Crippen molar-refractivity contribution >= 4 is 25.9 Å². The number of nitrogens with one attached hydrogen (secondary N) is 2. The van der Waals surface area contributed by atoms with Gasteiger partial charge < -0.3 is 5.73 Å². The number of nitrogen functional groups attached to an aromatic ring is 1. The summed E-state index contributed by atoms with van der Waals surface area (Å²) < 4.78 is 46.6. The van der Waals surface area contributed by atoms with Crippen molar-refractivity contribution in [2.75, 3.05) is 18.0 Å². The van der Waals surface area contributed by atoms with Crippen LogP contribution < -0.4 is 15.6 Å². The molecule has 0 spiro atoms. The van der Waals surface area contributed by atoms with Crippen molar-refractivity contribution in [2.45, 2.75) is 11.3 Å². The van der Waals surface area contributed by atoms with Crippen molar-refractivity contribution in [3.05, 3.63) is 6.20 Å². The lowest BCUT2D eigenvalue weighted by Gasteiger charge is -2.04. The smallest absolute Gasteiger partial charge is 0.245 e. The lowest BCUT2D eigenvalue weighted by atomic mass is 10.5. The fourth-order valence-corrected chi connectivity index (χ4v) is 2.70. The van der Waals surface area contributed by atoms with E-state index < -0.39 is 20.0 Å². The van der Waals surface area contributed by atoms with Gasteiger partial charge in [0, 0.05) is 6.54 Å². The number of hydrogen-bond donors (Lipinski definition) is 4. The predicted molar refractivity (Wildman–Crippen MR) is 60.8 cm³/mol. The largest absolute Gasteiger partial charge is 0.383 e. The van der Waals surface area contributed by atoms with Gasteiger partial charge in [0.1, 0.15) is 10.7 Å². The van der Waals surface area contributed by atoms with Crippen LogP contribution in [0.4, 0.5) is 5.82 Å². The molecule has 98 valence electrons. The summed E-state index contributed by atoms with van der Waals surface area (Å²) in [5.41, 5.74) is 5.35. The third-order valence-electron chi connectivity index (χ3n) is 1.82. The second kappa shape index (κ2) is 5.00. The fraction of sp³-hybridized carbons (Fsp3) is 0.500. The maximum absolute atomic E-state index is 11.6. The van der Waals surface area contributed by atoms with Gasteiger partial charge in [0.15, 0.2) is 0 Å². The van der Waals surface area contributed by atoms with Crippen LogP contribution in [-0.4, -0.2) is 39.3 Å². The molecule has 0 aromatic carbocycles. The molecule has 1 rings (SSSR count). The van der Waals surface area contributed by atoms with Crippen LogP contribution in [0, 0.1) is 0 Å². The van der Waals surface area contributed by atoms with Crippen LogP contribution in [0.25, 0.3) is 0 Å². The summed E-state index contributed by atoms with van der Waals surface area (Å²) in [6, 6.07) is 0. The number of aromatic nitrogens is 2. The summed E-state index contributed by atoms with van der Waals surface area (Å²) in [6.45, 7) is -0.0522. The average Bonchev–Trinajstić information content (AvgIpc) is 2.58. The predicted octanol–water partition coefficient (Wildman–Crippen LogP) is -2.05. The quantitative estimate of drug-likeness (QED) is 0.439. The van der Waals surface area contributed by atoms with Crippen LogP contribution in [0.2, 0.25) is 0 Å². The molecular formula is C6H13N5O4S2. The van der Waals surface area contributed by atoms with E-state index in [1.165, 1.54) is 0 Å². The Morgan fingerprint density at radius 1 is 1.35 bits per heavy atom. The minimum atomic E-state index is -3.77. The first kappa shape index (κ1) is 13.9. The van der Waals surface area contributed by atoms with E-state index in [1.807, 2.05) is 0 Å². The van der Waals surface area contributed by atoms with Gasteiger partial charge in [-0.2, -0.15) is 5.10 Å². The average molecular weight is 283 g/mol. The van der Waals surface area contributed by atoms with Crippen molar-refractivity contribution in [3.8, 4) is 0 Å².